The largest absolute Gasteiger partial charge is 0.343 e. The Hall–Kier alpha value is -1.09. The van der Waals surface area contributed by atoms with Gasteiger partial charge in [-0.2, -0.15) is 0 Å². The Morgan fingerprint density at radius 2 is 1.95 bits per heavy atom. The number of nitrogens with one attached hydrogen (secondary N) is 1. The maximum atomic E-state index is 12.2. The molecule has 0 spiro atoms. The van der Waals surface area contributed by atoms with Gasteiger partial charge in [0.25, 0.3) is 0 Å². The summed E-state index contributed by atoms with van der Waals surface area (Å²) in [5.41, 5.74) is 3.10. The van der Waals surface area contributed by atoms with Crippen molar-refractivity contribution in [2.75, 3.05) is 13.1 Å². The van der Waals surface area contributed by atoms with Crippen LogP contribution in [0.1, 0.15) is 62.3 Å². The van der Waals surface area contributed by atoms with E-state index in [9.17, 15) is 4.79 Å². The van der Waals surface area contributed by atoms with Gasteiger partial charge in [-0.15, -0.1) is 0 Å². The number of carbonyl (C=O) groups is 1. The Morgan fingerprint density at radius 1 is 1.32 bits per heavy atom. The van der Waals surface area contributed by atoms with Gasteiger partial charge < -0.3 is 9.88 Å². The van der Waals surface area contributed by atoms with Crippen molar-refractivity contribution < 1.29 is 4.79 Å². The number of nitrogens with zero attached hydrogens (tertiary/aromatic N) is 1. The maximum Gasteiger partial charge on any atom is 0.178 e. The van der Waals surface area contributed by atoms with Crippen LogP contribution in [0.5, 0.6) is 0 Å². The molecule has 108 valence electrons. The second-order valence-corrected chi connectivity index (χ2v) is 6.24. The lowest BCUT2D eigenvalue weighted by atomic mass is 10.1. The molecule has 0 saturated carbocycles. The molecule has 0 atom stereocenters. The van der Waals surface area contributed by atoms with Crippen molar-refractivity contribution in [2.24, 2.45) is 0 Å². The monoisotopic (exact) mass is 264 g/mol. The minimum atomic E-state index is 0.0162. The number of rotatable bonds is 6. The predicted octanol–water partition coefficient (Wildman–Crippen LogP) is 3.43. The molecule has 1 aromatic heterocycles. The van der Waals surface area contributed by atoms with Crippen molar-refractivity contribution in [2.45, 2.75) is 59.9 Å². The fourth-order valence-electron chi connectivity index (χ4n) is 2.68. The molecule has 0 aromatic carbocycles. The van der Waals surface area contributed by atoms with Crippen LogP contribution in [-0.4, -0.2) is 23.4 Å². The molecule has 0 radical (unpaired) electrons. The zero-order valence-electron chi connectivity index (χ0n) is 13.3. The Bertz CT molecular complexity index is 438. The number of unbranched alkanes of at least 4 members (excludes halogenated alkanes) is 1. The third kappa shape index (κ3) is 3.93. The van der Waals surface area contributed by atoms with Crippen molar-refractivity contribution in [3.63, 3.8) is 0 Å². The third-order valence-corrected chi connectivity index (χ3v) is 3.40. The first kappa shape index (κ1) is 16.0. The summed E-state index contributed by atoms with van der Waals surface area (Å²) in [4.78, 5) is 12.2. The number of hydrogen-bond acceptors (Lipinski definition) is 2. The van der Waals surface area contributed by atoms with Crippen molar-refractivity contribution >= 4 is 5.78 Å². The molecule has 0 amide bonds. The second kappa shape index (κ2) is 6.38. The highest BCUT2D eigenvalue weighted by atomic mass is 16.1. The van der Waals surface area contributed by atoms with Gasteiger partial charge in [-0.05, 0) is 53.7 Å². The Balaban J connectivity index is 2.82. The smallest absolute Gasteiger partial charge is 0.178 e. The van der Waals surface area contributed by atoms with E-state index >= 15 is 0 Å². The van der Waals surface area contributed by atoms with Crippen molar-refractivity contribution in [1.29, 1.82) is 0 Å². The first-order valence-corrected chi connectivity index (χ1v) is 7.22. The van der Waals surface area contributed by atoms with Crippen LogP contribution >= 0.6 is 0 Å². The van der Waals surface area contributed by atoms with Gasteiger partial charge in [0, 0.05) is 22.5 Å². The average molecular weight is 264 g/mol. The summed E-state index contributed by atoms with van der Waals surface area (Å²) in [5.74, 6) is 0.194. The molecule has 1 heterocycles. The Kier molecular flexibility index (Phi) is 5.36. The van der Waals surface area contributed by atoms with E-state index in [1.165, 1.54) is 0 Å². The summed E-state index contributed by atoms with van der Waals surface area (Å²) in [6, 6.07) is 2.02. The fourth-order valence-corrected chi connectivity index (χ4v) is 2.68. The lowest BCUT2D eigenvalue weighted by molar-refractivity contribution is 0.0990. The number of ketones is 1. The number of carbonyl (C=O) groups excluding carboxylic acids is 1. The second-order valence-electron chi connectivity index (χ2n) is 6.24. The first-order valence-electron chi connectivity index (χ1n) is 7.22. The van der Waals surface area contributed by atoms with E-state index in [2.05, 4.69) is 44.5 Å². The van der Waals surface area contributed by atoms with Gasteiger partial charge in [0.2, 0.25) is 0 Å². The summed E-state index contributed by atoms with van der Waals surface area (Å²) in [5, 5.41) is 3.22. The molecule has 0 unspecified atom stereocenters. The van der Waals surface area contributed by atoms with Crippen molar-refractivity contribution in [1.82, 2.24) is 9.88 Å². The van der Waals surface area contributed by atoms with Crippen molar-refractivity contribution in [3.8, 4) is 0 Å². The highest BCUT2D eigenvalue weighted by molar-refractivity contribution is 5.99. The van der Waals surface area contributed by atoms with Gasteiger partial charge in [0.05, 0.1) is 6.54 Å². The summed E-state index contributed by atoms with van der Waals surface area (Å²) in [7, 11) is 0. The van der Waals surface area contributed by atoms with E-state index in [0.717, 1.165) is 36.3 Å². The van der Waals surface area contributed by atoms with Crippen LogP contribution < -0.4 is 5.32 Å². The SMILES string of the molecule is CCCCNCC(=O)c1cc(C)n(C(C)(C)C)c1C. The molecule has 1 rings (SSSR count). The molecular formula is C16H28N2O. The summed E-state index contributed by atoms with van der Waals surface area (Å²) in [6.45, 7) is 14.1. The molecule has 3 nitrogen and oxygen atoms in total. The molecule has 0 fully saturated rings. The number of aromatic nitrogens is 1. The lowest BCUT2D eigenvalue weighted by Gasteiger charge is -2.25. The van der Waals surface area contributed by atoms with Gasteiger partial charge in [-0.25, -0.2) is 0 Å². The normalized spacial score (nSPS) is 11.9. The predicted molar refractivity (Wildman–Crippen MR) is 81.0 cm³/mol. The highest BCUT2D eigenvalue weighted by Crippen LogP contribution is 2.24. The van der Waals surface area contributed by atoms with Crippen LogP contribution in [0, 0.1) is 13.8 Å². The quantitative estimate of drug-likeness (QED) is 0.631. The molecule has 0 bridgehead atoms. The Morgan fingerprint density at radius 3 is 2.42 bits per heavy atom. The van der Waals surface area contributed by atoms with Crippen LogP contribution in [0.2, 0.25) is 0 Å². The zero-order chi connectivity index (χ0) is 14.6. The fraction of sp³-hybridized carbons (Fsp3) is 0.688. The molecule has 19 heavy (non-hydrogen) atoms. The van der Waals surface area contributed by atoms with Gasteiger partial charge in [-0.1, -0.05) is 13.3 Å². The number of hydrogen-bond donors (Lipinski definition) is 1. The summed E-state index contributed by atoms with van der Waals surface area (Å²) >= 11 is 0. The third-order valence-electron chi connectivity index (χ3n) is 3.40. The van der Waals surface area contributed by atoms with Crippen LogP contribution in [0.15, 0.2) is 6.07 Å². The standard InChI is InChI=1S/C16H28N2O/c1-7-8-9-17-11-15(19)14-10-12(2)18(13(14)3)16(4,5)6/h10,17H,7-9,11H2,1-6H3. The molecule has 0 aliphatic carbocycles. The van der Waals surface area contributed by atoms with Crippen LogP contribution in [0.3, 0.4) is 0 Å². The topological polar surface area (TPSA) is 34.0 Å². The van der Waals surface area contributed by atoms with Crippen LogP contribution in [-0.2, 0) is 5.54 Å². The lowest BCUT2D eigenvalue weighted by Crippen LogP contribution is -2.26. The van der Waals surface area contributed by atoms with Gasteiger partial charge in [0.1, 0.15) is 0 Å². The van der Waals surface area contributed by atoms with Crippen LogP contribution in [0.25, 0.3) is 0 Å². The first-order chi connectivity index (χ1) is 8.79. The number of aryl methyl sites for hydroxylation is 1. The van der Waals surface area contributed by atoms with Gasteiger partial charge >= 0.3 is 0 Å². The van der Waals surface area contributed by atoms with Gasteiger partial charge in [0.15, 0.2) is 5.78 Å². The van der Waals surface area contributed by atoms with E-state index < -0.39 is 0 Å². The van der Waals surface area contributed by atoms with E-state index in [4.69, 9.17) is 0 Å². The average Bonchev–Trinajstić information content (AvgIpc) is 2.59. The van der Waals surface area contributed by atoms with Gasteiger partial charge in [-0.3, -0.25) is 4.79 Å². The molecule has 0 saturated heterocycles. The molecule has 1 aromatic rings. The molecule has 1 N–H and O–H groups in total. The zero-order valence-corrected chi connectivity index (χ0v) is 13.3. The summed E-state index contributed by atoms with van der Waals surface area (Å²) in [6.07, 6.45) is 2.27. The number of Topliss-reactive ketones (excluding diaryl/α,β-unsaturated/α-hetero) is 1. The van der Waals surface area contributed by atoms with E-state index in [-0.39, 0.29) is 11.3 Å². The molecule has 3 heteroatoms. The summed E-state index contributed by atoms with van der Waals surface area (Å²) < 4.78 is 2.24. The van der Waals surface area contributed by atoms with Crippen LogP contribution in [0.4, 0.5) is 0 Å². The van der Waals surface area contributed by atoms with E-state index in [0.29, 0.717) is 6.54 Å². The molecular weight excluding hydrogens is 236 g/mol. The van der Waals surface area contributed by atoms with E-state index in [1.54, 1.807) is 0 Å². The molecule has 0 aliphatic heterocycles. The van der Waals surface area contributed by atoms with Crippen molar-refractivity contribution in [3.05, 3.63) is 23.0 Å². The Labute approximate surface area is 117 Å². The maximum absolute atomic E-state index is 12.2. The highest BCUT2D eigenvalue weighted by Gasteiger charge is 2.22. The molecule has 0 aliphatic rings. The van der Waals surface area contributed by atoms with E-state index in [1.807, 2.05) is 13.0 Å². The minimum absolute atomic E-state index is 0.0162. The minimum Gasteiger partial charge on any atom is -0.343 e.